The molecule has 1 nitrogen and oxygen atoms in total. The first-order valence-corrected chi connectivity index (χ1v) is 5.07. The van der Waals surface area contributed by atoms with Crippen LogP contribution in [0.2, 0.25) is 6.55 Å². The standard InChI is InChI=1S/C7H10OSi/c1-5-8-9(4,6-2)7-3/h2,5,7H,1,3H2,4H3. The third kappa shape index (κ3) is 2.20. The second-order valence-electron chi connectivity index (χ2n) is 1.74. The summed E-state index contributed by atoms with van der Waals surface area (Å²) in [5.74, 6) is 0. The highest BCUT2D eigenvalue weighted by Gasteiger charge is 2.21. The van der Waals surface area contributed by atoms with Crippen molar-refractivity contribution in [1.82, 2.24) is 0 Å². The Morgan fingerprint density at radius 2 is 2.22 bits per heavy atom. The van der Waals surface area contributed by atoms with E-state index in [1.165, 1.54) is 6.26 Å². The van der Waals surface area contributed by atoms with Crippen molar-refractivity contribution in [2.75, 3.05) is 0 Å². The molecule has 1 unspecified atom stereocenters. The molecule has 0 amide bonds. The molecule has 0 saturated heterocycles. The molecule has 0 N–H and O–H groups in total. The van der Waals surface area contributed by atoms with E-state index in [1.807, 2.05) is 6.55 Å². The van der Waals surface area contributed by atoms with Gasteiger partial charge in [-0.3, -0.25) is 0 Å². The van der Waals surface area contributed by atoms with E-state index >= 15 is 0 Å². The molecular weight excluding hydrogens is 128 g/mol. The zero-order chi connectivity index (χ0) is 7.33. The molecule has 0 saturated carbocycles. The summed E-state index contributed by atoms with van der Waals surface area (Å²) in [6.07, 6.45) is 6.54. The van der Waals surface area contributed by atoms with Crippen molar-refractivity contribution in [1.29, 1.82) is 0 Å². The van der Waals surface area contributed by atoms with E-state index in [9.17, 15) is 0 Å². The first-order valence-electron chi connectivity index (χ1n) is 2.58. The predicted molar refractivity (Wildman–Crippen MR) is 41.9 cm³/mol. The topological polar surface area (TPSA) is 9.23 Å². The van der Waals surface area contributed by atoms with Crippen LogP contribution in [-0.2, 0) is 4.43 Å². The lowest BCUT2D eigenvalue weighted by molar-refractivity contribution is 0.494. The molecule has 0 aromatic carbocycles. The Labute approximate surface area is 57.2 Å². The van der Waals surface area contributed by atoms with Gasteiger partial charge in [-0.2, -0.15) is 0 Å². The Bertz CT molecular complexity index is 157. The van der Waals surface area contributed by atoms with Crippen molar-refractivity contribution < 1.29 is 4.43 Å². The van der Waals surface area contributed by atoms with Gasteiger partial charge in [0.25, 0.3) is 0 Å². The Balaban J connectivity index is 4.12. The molecule has 0 aliphatic heterocycles. The third-order valence-electron chi connectivity index (χ3n) is 1.00. The summed E-state index contributed by atoms with van der Waals surface area (Å²) in [4.78, 5) is 0. The van der Waals surface area contributed by atoms with E-state index in [4.69, 9.17) is 10.8 Å². The van der Waals surface area contributed by atoms with E-state index in [2.05, 4.69) is 18.7 Å². The van der Waals surface area contributed by atoms with Gasteiger partial charge in [0.05, 0.1) is 6.26 Å². The molecule has 0 radical (unpaired) electrons. The largest absolute Gasteiger partial charge is 0.535 e. The summed E-state index contributed by atoms with van der Waals surface area (Å²) >= 11 is 0. The average Bonchev–Trinajstić information content (AvgIpc) is 1.89. The minimum atomic E-state index is -2.02. The van der Waals surface area contributed by atoms with Gasteiger partial charge < -0.3 is 4.43 Å². The molecule has 9 heavy (non-hydrogen) atoms. The van der Waals surface area contributed by atoms with Gasteiger partial charge in [-0.25, -0.2) is 0 Å². The predicted octanol–water partition coefficient (Wildman–Crippen LogP) is 1.62. The van der Waals surface area contributed by atoms with Gasteiger partial charge >= 0.3 is 8.32 Å². The van der Waals surface area contributed by atoms with Gasteiger partial charge in [0.2, 0.25) is 0 Å². The highest BCUT2D eigenvalue weighted by atomic mass is 28.4. The minimum Gasteiger partial charge on any atom is -0.535 e. The van der Waals surface area contributed by atoms with Crippen LogP contribution in [0.25, 0.3) is 0 Å². The SMILES string of the molecule is C#C[Si](C)(C=C)OC=C. The van der Waals surface area contributed by atoms with E-state index in [1.54, 1.807) is 5.70 Å². The number of terminal acetylenes is 1. The molecular formula is C7H10OSi. The monoisotopic (exact) mass is 138 g/mol. The zero-order valence-electron chi connectivity index (χ0n) is 5.55. The lowest BCUT2D eigenvalue weighted by Gasteiger charge is -2.13. The molecule has 0 rings (SSSR count). The second kappa shape index (κ2) is 3.16. The summed E-state index contributed by atoms with van der Waals surface area (Å²) in [5.41, 5.74) is 4.25. The van der Waals surface area contributed by atoms with E-state index in [0.717, 1.165) is 0 Å². The maximum Gasteiger partial charge on any atom is 0.350 e. The first kappa shape index (κ1) is 8.06. The van der Waals surface area contributed by atoms with E-state index in [-0.39, 0.29) is 0 Å². The number of hydrogen-bond donors (Lipinski definition) is 0. The van der Waals surface area contributed by atoms with Crippen LogP contribution in [0.1, 0.15) is 0 Å². The fourth-order valence-electron chi connectivity index (χ4n) is 0.314. The van der Waals surface area contributed by atoms with Crippen LogP contribution in [0.3, 0.4) is 0 Å². The highest BCUT2D eigenvalue weighted by molar-refractivity contribution is 6.85. The van der Waals surface area contributed by atoms with Crippen LogP contribution in [0.15, 0.2) is 25.1 Å². The molecule has 1 atom stereocenters. The highest BCUT2D eigenvalue weighted by Crippen LogP contribution is 2.02. The van der Waals surface area contributed by atoms with Crippen molar-refractivity contribution in [3.8, 4) is 12.0 Å². The van der Waals surface area contributed by atoms with Gasteiger partial charge in [-0.05, 0) is 6.55 Å². The van der Waals surface area contributed by atoms with Gasteiger partial charge in [0.15, 0.2) is 0 Å². The van der Waals surface area contributed by atoms with Crippen molar-refractivity contribution in [3.05, 3.63) is 25.1 Å². The van der Waals surface area contributed by atoms with E-state index in [0.29, 0.717) is 0 Å². The summed E-state index contributed by atoms with van der Waals surface area (Å²) in [6, 6.07) is 0. The minimum absolute atomic E-state index is 1.37. The molecule has 0 spiro atoms. The van der Waals surface area contributed by atoms with Gasteiger partial charge in [0, 0.05) is 0 Å². The van der Waals surface area contributed by atoms with Gasteiger partial charge in [0.1, 0.15) is 0 Å². The van der Waals surface area contributed by atoms with Crippen molar-refractivity contribution in [3.63, 3.8) is 0 Å². The van der Waals surface area contributed by atoms with Gasteiger partial charge in [-0.1, -0.05) is 17.8 Å². The van der Waals surface area contributed by atoms with Crippen LogP contribution < -0.4 is 0 Å². The smallest absolute Gasteiger partial charge is 0.350 e. The van der Waals surface area contributed by atoms with E-state index < -0.39 is 8.32 Å². The summed E-state index contributed by atoms with van der Waals surface area (Å²) in [6.45, 7) is 8.86. The van der Waals surface area contributed by atoms with Gasteiger partial charge in [-0.15, -0.1) is 13.0 Å². The average molecular weight is 138 g/mol. The summed E-state index contributed by atoms with van der Waals surface area (Å²) < 4.78 is 5.08. The van der Waals surface area contributed by atoms with Crippen LogP contribution >= 0.6 is 0 Å². The fraction of sp³-hybridized carbons (Fsp3) is 0.143. The molecule has 0 aliphatic rings. The third-order valence-corrected chi connectivity index (χ3v) is 3.01. The Hall–Kier alpha value is -0.943. The summed E-state index contributed by atoms with van der Waals surface area (Å²) in [5, 5.41) is 0. The number of hydrogen-bond acceptors (Lipinski definition) is 1. The molecule has 0 fully saturated rings. The second-order valence-corrected chi connectivity index (χ2v) is 4.89. The Morgan fingerprint density at radius 3 is 2.33 bits per heavy atom. The number of rotatable bonds is 3. The van der Waals surface area contributed by atoms with Crippen LogP contribution in [0, 0.1) is 12.0 Å². The molecule has 0 aromatic rings. The van der Waals surface area contributed by atoms with Crippen molar-refractivity contribution in [2.24, 2.45) is 0 Å². The quantitative estimate of drug-likeness (QED) is 0.327. The normalized spacial score (nSPS) is 14.7. The van der Waals surface area contributed by atoms with Crippen LogP contribution in [0.4, 0.5) is 0 Å². The van der Waals surface area contributed by atoms with Crippen LogP contribution in [0.5, 0.6) is 0 Å². The maximum absolute atomic E-state index is 5.17. The fourth-order valence-corrected chi connectivity index (χ4v) is 0.943. The maximum atomic E-state index is 5.17. The Morgan fingerprint density at radius 1 is 1.67 bits per heavy atom. The molecule has 48 valence electrons. The molecule has 0 bridgehead atoms. The molecule has 0 heterocycles. The van der Waals surface area contributed by atoms with Crippen molar-refractivity contribution >= 4 is 8.32 Å². The van der Waals surface area contributed by atoms with Crippen molar-refractivity contribution in [2.45, 2.75) is 6.55 Å². The molecule has 0 aromatic heterocycles. The lowest BCUT2D eigenvalue weighted by atomic mass is 11.2. The summed E-state index contributed by atoms with van der Waals surface area (Å²) in [7, 11) is -2.02. The first-order chi connectivity index (χ1) is 4.18. The van der Waals surface area contributed by atoms with Crippen LogP contribution in [-0.4, -0.2) is 8.32 Å². The molecule has 2 heteroatoms. The Kier molecular flexibility index (Phi) is 2.83. The zero-order valence-corrected chi connectivity index (χ0v) is 6.55. The lowest BCUT2D eigenvalue weighted by Crippen LogP contribution is -2.27. The molecule has 0 aliphatic carbocycles.